The van der Waals surface area contributed by atoms with Crippen molar-refractivity contribution in [3.63, 3.8) is 0 Å². The zero-order valence-electron chi connectivity index (χ0n) is 22.5. The van der Waals surface area contributed by atoms with Gasteiger partial charge in [-0.3, -0.25) is 0 Å². The fourth-order valence-electron chi connectivity index (χ4n) is 3.91. The zero-order valence-corrected chi connectivity index (χ0v) is 24.8. The Morgan fingerprint density at radius 2 is 1.03 bits per heavy atom. The number of nitrogens with zero attached hydrogens (tertiary/aromatic N) is 6. The molecular formula is C29H36N6Pt. The van der Waals surface area contributed by atoms with Gasteiger partial charge in [0.05, 0.1) is 5.41 Å². The van der Waals surface area contributed by atoms with Crippen LogP contribution in [0.3, 0.4) is 0 Å². The van der Waals surface area contributed by atoms with Crippen molar-refractivity contribution in [1.29, 1.82) is 0 Å². The molecule has 4 rings (SSSR count). The first-order valence-electron chi connectivity index (χ1n) is 12.2. The van der Waals surface area contributed by atoms with Gasteiger partial charge in [-0.2, -0.15) is 58.7 Å². The molecule has 0 aliphatic heterocycles. The molecular weight excluding hydrogens is 627 g/mol. The topological polar surface area (TPSA) is 61.4 Å². The third kappa shape index (κ3) is 6.39. The Morgan fingerprint density at radius 1 is 0.639 bits per heavy atom. The minimum Gasteiger partial charge on any atom is -0.242 e. The molecule has 0 N–H and O–H groups in total. The Bertz CT molecular complexity index is 1180. The van der Waals surface area contributed by atoms with Gasteiger partial charge in [0.1, 0.15) is 11.6 Å². The number of para-hydroxylation sites is 2. The molecule has 36 heavy (non-hydrogen) atoms. The van der Waals surface area contributed by atoms with Crippen molar-refractivity contribution in [3.8, 4) is 11.4 Å². The van der Waals surface area contributed by atoms with Crippen LogP contribution >= 0.6 is 0 Å². The Kier molecular flexibility index (Phi) is 8.10. The average molecular weight is 664 g/mol. The van der Waals surface area contributed by atoms with E-state index in [-0.39, 0.29) is 31.9 Å². The Labute approximate surface area is 229 Å². The van der Waals surface area contributed by atoms with E-state index in [4.69, 9.17) is 20.2 Å². The van der Waals surface area contributed by atoms with E-state index in [0.717, 1.165) is 35.9 Å². The van der Waals surface area contributed by atoms with Gasteiger partial charge in [-0.05, 0) is 36.1 Å². The van der Waals surface area contributed by atoms with Gasteiger partial charge in [0.15, 0.2) is 11.6 Å². The van der Waals surface area contributed by atoms with E-state index >= 15 is 0 Å². The second-order valence-corrected chi connectivity index (χ2v) is 12.1. The first-order valence-corrected chi connectivity index (χ1v) is 12.2. The molecule has 2 heterocycles. The molecule has 2 aromatic heterocycles. The van der Waals surface area contributed by atoms with Crippen LogP contribution in [0.25, 0.3) is 11.4 Å². The van der Waals surface area contributed by atoms with Crippen molar-refractivity contribution < 1.29 is 21.1 Å². The van der Waals surface area contributed by atoms with Gasteiger partial charge in [-0.25, -0.2) is 19.3 Å². The van der Waals surface area contributed by atoms with Crippen LogP contribution in [0.5, 0.6) is 0 Å². The van der Waals surface area contributed by atoms with Crippen LogP contribution < -0.4 is 0 Å². The van der Waals surface area contributed by atoms with Crippen molar-refractivity contribution in [3.05, 3.63) is 84.0 Å². The molecule has 6 nitrogen and oxygen atoms in total. The summed E-state index contributed by atoms with van der Waals surface area (Å²) in [5, 5.41) is 9.95. The van der Waals surface area contributed by atoms with Crippen molar-refractivity contribution in [2.24, 2.45) is 10.8 Å². The molecule has 0 bridgehead atoms. The van der Waals surface area contributed by atoms with Crippen molar-refractivity contribution in [1.82, 2.24) is 29.5 Å². The minimum atomic E-state index is -0.598. The van der Waals surface area contributed by atoms with Crippen molar-refractivity contribution >= 4 is 0 Å². The monoisotopic (exact) mass is 663 g/mol. The maximum Gasteiger partial charge on any atom is 2.00 e. The number of rotatable bonds is 6. The van der Waals surface area contributed by atoms with Crippen LogP contribution in [-0.2, 0) is 39.3 Å². The molecule has 2 aromatic carbocycles. The molecule has 0 radical (unpaired) electrons. The maximum atomic E-state index is 5.04. The van der Waals surface area contributed by atoms with Gasteiger partial charge < -0.3 is 0 Å². The van der Waals surface area contributed by atoms with Crippen LogP contribution in [0.4, 0.5) is 0 Å². The molecule has 0 aliphatic rings. The SMILES string of the molecule is CC(C)(C)Cc1nc(C(C)(C)c2nc(CC(C)(C)C)n(-c3[c-]cccc3)n2)nn1-c1[c-]cccc1.[Pt+2]. The van der Waals surface area contributed by atoms with Crippen LogP contribution in [-0.4, -0.2) is 29.5 Å². The van der Waals surface area contributed by atoms with E-state index in [9.17, 15) is 0 Å². The van der Waals surface area contributed by atoms with Gasteiger partial charge in [-0.1, -0.05) is 41.5 Å². The molecule has 0 saturated heterocycles. The van der Waals surface area contributed by atoms with Crippen molar-refractivity contribution in [2.75, 3.05) is 0 Å². The third-order valence-corrected chi connectivity index (χ3v) is 5.68. The van der Waals surface area contributed by atoms with E-state index in [0.29, 0.717) is 11.6 Å². The summed E-state index contributed by atoms with van der Waals surface area (Å²) in [6.45, 7) is 17.5. The zero-order chi connectivity index (χ0) is 25.4. The summed E-state index contributed by atoms with van der Waals surface area (Å²) in [4.78, 5) is 10.1. The molecule has 0 saturated carbocycles. The maximum absolute atomic E-state index is 5.04. The summed E-state index contributed by atoms with van der Waals surface area (Å²) in [5.41, 5.74) is 1.28. The summed E-state index contributed by atoms with van der Waals surface area (Å²) < 4.78 is 3.83. The summed E-state index contributed by atoms with van der Waals surface area (Å²) in [7, 11) is 0. The number of benzene rings is 2. The molecule has 0 spiro atoms. The van der Waals surface area contributed by atoms with E-state index in [1.54, 1.807) is 0 Å². The standard InChI is InChI=1S/C29H36N6.Pt/c1-27(2,3)19-23-30-25(32-34(23)21-15-11-9-12-16-21)29(7,8)26-31-24(20-28(4,5)6)35(33-26)22-17-13-10-14-18-22;/h9-15,17H,19-20H2,1-8H3;/q-2;+2. The largest absolute Gasteiger partial charge is 2.00 e. The Balaban J connectivity index is 0.00000361. The first-order chi connectivity index (χ1) is 16.3. The Morgan fingerprint density at radius 3 is 1.33 bits per heavy atom. The summed E-state index contributed by atoms with van der Waals surface area (Å²) in [6.07, 6.45) is 1.57. The fourth-order valence-corrected chi connectivity index (χ4v) is 3.91. The second-order valence-electron chi connectivity index (χ2n) is 12.1. The second kappa shape index (κ2) is 10.4. The predicted octanol–water partition coefficient (Wildman–Crippen LogP) is 5.95. The molecule has 0 amide bonds. The predicted molar refractivity (Wildman–Crippen MR) is 139 cm³/mol. The number of aromatic nitrogens is 6. The van der Waals surface area contributed by atoms with Gasteiger partial charge in [0.25, 0.3) is 0 Å². The average Bonchev–Trinajstić information content (AvgIpc) is 3.38. The molecule has 192 valence electrons. The molecule has 0 atom stereocenters. The van der Waals surface area contributed by atoms with Gasteiger partial charge in [0.2, 0.25) is 0 Å². The third-order valence-electron chi connectivity index (χ3n) is 5.68. The molecule has 4 aromatic rings. The van der Waals surface area contributed by atoms with Crippen LogP contribution in [0.2, 0.25) is 0 Å². The van der Waals surface area contributed by atoms with Crippen LogP contribution in [0.1, 0.15) is 78.7 Å². The first kappa shape index (κ1) is 28.0. The molecule has 0 fully saturated rings. The van der Waals surface area contributed by atoms with E-state index in [2.05, 4.69) is 67.5 Å². The summed E-state index contributed by atoms with van der Waals surface area (Å²) in [6, 6.07) is 22.3. The van der Waals surface area contributed by atoms with E-state index in [1.165, 1.54) is 0 Å². The molecule has 7 heteroatoms. The molecule has 0 aliphatic carbocycles. The quantitative estimate of drug-likeness (QED) is 0.240. The summed E-state index contributed by atoms with van der Waals surface area (Å²) in [5.74, 6) is 3.22. The normalized spacial score (nSPS) is 12.4. The van der Waals surface area contributed by atoms with Gasteiger partial charge >= 0.3 is 21.1 Å². The number of hydrogen-bond donors (Lipinski definition) is 0. The van der Waals surface area contributed by atoms with Gasteiger partial charge in [-0.15, -0.1) is 12.1 Å². The van der Waals surface area contributed by atoms with Crippen LogP contribution in [0.15, 0.2) is 48.5 Å². The van der Waals surface area contributed by atoms with Crippen molar-refractivity contribution in [2.45, 2.75) is 73.6 Å². The number of hydrogen-bond acceptors (Lipinski definition) is 4. The smallest absolute Gasteiger partial charge is 0.242 e. The minimum absolute atomic E-state index is 0. The van der Waals surface area contributed by atoms with E-state index < -0.39 is 5.41 Å². The van der Waals surface area contributed by atoms with E-state index in [1.807, 2.05) is 57.9 Å². The van der Waals surface area contributed by atoms with Gasteiger partial charge in [0, 0.05) is 12.8 Å². The van der Waals surface area contributed by atoms with Crippen LogP contribution in [0, 0.1) is 23.0 Å². The fraction of sp³-hybridized carbons (Fsp3) is 0.448. The summed E-state index contributed by atoms with van der Waals surface area (Å²) >= 11 is 0. The molecule has 0 unspecified atom stereocenters. The Hall–Kier alpha value is -2.59.